The van der Waals surface area contributed by atoms with Gasteiger partial charge in [0, 0.05) is 30.1 Å². The molecule has 1 aromatic carbocycles. The molecule has 0 saturated carbocycles. The van der Waals surface area contributed by atoms with Crippen molar-refractivity contribution in [3.63, 3.8) is 0 Å². The maximum atomic E-state index is 4.83. The van der Waals surface area contributed by atoms with Gasteiger partial charge >= 0.3 is 0 Å². The summed E-state index contributed by atoms with van der Waals surface area (Å²) in [6.45, 7) is 0.979. The van der Waals surface area contributed by atoms with Crippen LogP contribution in [0.25, 0.3) is 33.7 Å². The lowest BCUT2D eigenvalue weighted by Gasteiger charge is -2.11. The third-order valence-corrected chi connectivity index (χ3v) is 4.99. The van der Waals surface area contributed by atoms with E-state index in [1.165, 1.54) is 19.3 Å². The van der Waals surface area contributed by atoms with Crippen molar-refractivity contribution in [2.75, 3.05) is 0 Å². The van der Waals surface area contributed by atoms with Gasteiger partial charge in [0.25, 0.3) is 0 Å². The van der Waals surface area contributed by atoms with E-state index in [2.05, 4.69) is 31.9 Å². The number of para-hydroxylation sites is 1. The first-order valence-electron chi connectivity index (χ1n) is 9.14. The molecule has 0 aliphatic carbocycles. The molecule has 0 amide bonds. The molecule has 5 nitrogen and oxygen atoms in total. The van der Waals surface area contributed by atoms with Crippen LogP contribution in [0.3, 0.4) is 0 Å². The first kappa shape index (κ1) is 15.2. The van der Waals surface area contributed by atoms with E-state index in [-0.39, 0.29) is 0 Å². The van der Waals surface area contributed by atoms with Crippen molar-refractivity contribution in [3.05, 3.63) is 60.6 Å². The van der Waals surface area contributed by atoms with Crippen LogP contribution in [-0.4, -0.2) is 24.7 Å². The van der Waals surface area contributed by atoms with Gasteiger partial charge in [-0.25, -0.2) is 4.98 Å². The fraction of sp³-hybridized carbons (Fsp3) is 0.238. The standard InChI is InChI=1S/C21H19N5/c1-2-11-20-24-25-21(26(20)13-7-1)16-14-19(18-10-5-6-12-22-18)23-17-9-4-3-8-15(16)17/h3-6,8-10,12,14H,1-2,7,11,13H2. The molecule has 1 aliphatic heterocycles. The van der Waals surface area contributed by atoms with E-state index in [1.807, 2.05) is 36.4 Å². The number of nitrogens with zero attached hydrogens (tertiary/aromatic N) is 5. The highest BCUT2D eigenvalue weighted by atomic mass is 15.3. The first-order chi connectivity index (χ1) is 12.9. The van der Waals surface area contributed by atoms with Gasteiger partial charge in [0.1, 0.15) is 5.82 Å². The predicted octanol–water partition coefficient (Wildman–Crippen LogP) is 4.28. The van der Waals surface area contributed by atoms with Crippen molar-refractivity contribution < 1.29 is 0 Å². The lowest BCUT2D eigenvalue weighted by Crippen LogP contribution is -2.03. The Labute approximate surface area is 151 Å². The van der Waals surface area contributed by atoms with E-state index in [4.69, 9.17) is 4.98 Å². The van der Waals surface area contributed by atoms with Crippen molar-refractivity contribution in [2.24, 2.45) is 0 Å². The number of fused-ring (bicyclic) bond motifs is 2. The molecule has 0 bridgehead atoms. The Morgan fingerprint density at radius 1 is 0.846 bits per heavy atom. The molecule has 4 aromatic rings. The van der Waals surface area contributed by atoms with E-state index in [1.54, 1.807) is 6.20 Å². The summed E-state index contributed by atoms with van der Waals surface area (Å²) in [7, 11) is 0. The fourth-order valence-corrected chi connectivity index (χ4v) is 3.69. The van der Waals surface area contributed by atoms with Gasteiger partial charge in [-0.15, -0.1) is 10.2 Å². The molecule has 0 saturated heterocycles. The van der Waals surface area contributed by atoms with Crippen molar-refractivity contribution in [1.29, 1.82) is 0 Å². The zero-order chi connectivity index (χ0) is 17.3. The summed E-state index contributed by atoms with van der Waals surface area (Å²) in [6, 6.07) is 16.2. The molecule has 0 N–H and O–H groups in total. The predicted molar refractivity (Wildman–Crippen MR) is 102 cm³/mol. The topological polar surface area (TPSA) is 56.5 Å². The molecule has 1 aliphatic rings. The molecule has 0 unspecified atom stereocenters. The second-order valence-corrected chi connectivity index (χ2v) is 6.69. The van der Waals surface area contributed by atoms with Crippen LogP contribution < -0.4 is 0 Å². The Kier molecular flexibility index (Phi) is 3.70. The van der Waals surface area contributed by atoms with Crippen molar-refractivity contribution in [1.82, 2.24) is 24.7 Å². The van der Waals surface area contributed by atoms with E-state index in [0.29, 0.717) is 0 Å². The maximum Gasteiger partial charge on any atom is 0.164 e. The van der Waals surface area contributed by atoms with Gasteiger partial charge in [0.15, 0.2) is 5.82 Å². The maximum absolute atomic E-state index is 4.83. The third kappa shape index (κ3) is 2.56. The van der Waals surface area contributed by atoms with Crippen LogP contribution in [-0.2, 0) is 13.0 Å². The normalized spacial score (nSPS) is 14.2. The van der Waals surface area contributed by atoms with Gasteiger partial charge < -0.3 is 4.57 Å². The molecule has 5 rings (SSSR count). The summed E-state index contributed by atoms with van der Waals surface area (Å²) in [4.78, 5) is 9.30. The highest BCUT2D eigenvalue weighted by Crippen LogP contribution is 2.31. The van der Waals surface area contributed by atoms with Gasteiger partial charge in [0.2, 0.25) is 0 Å². The van der Waals surface area contributed by atoms with Crippen LogP contribution in [0, 0.1) is 0 Å². The van der Waals surface area contributed by atoms with Crippen molar-refractivity contribution in [2.45, 2.75) is 32.2 Å². The Morgan fingerprint density at radius 2 is 1.77 bits per heavy atom. The Morgan fingerprint density at radius 3 is 2.69 bits per heavy atom. The van der Waals surface area contributed by atoms with Crippen LogP contribution in [0.5, 0.6) is 0 Å². The van der Waals surface area contributed by atoms with Gasteiger partial charge in [0.05, 0.1) is 16.9 Å². The van der Waals surface area contributed by atoms with Crippen LogP contribution in [0.2, 0.25) is 0 Å². The lowest BCUT2D eigenvalue weighted by molar-refractivity contribution is 0.637. The summed E-state index contributed by atoms with van der Waals surface area (Å²) in [5.41, 5.74) is 3.77. The molecule has 0 spiro atoms. The number of rotatable bonds is 2. The molecule has 0 atom stereocenters. The first-order valence-corrected chi connectivity index (χ1v) is 9.14. The van der Waals surface area contributed by atoms with Gasteiger partial charge in [-0.1, -0.05) is 30.7 Å². The van der Waals surface area contributed by atoms with Gasteiger partial charge in [-0.2, -0.15) is 0 Å². The number of benzene rings is 1. The van der Waals surface area contributed by atoms with Crippen LogP contribution >= 0.6 is 0 Å². The Bertz CT molecular complexity index is 1070. The third-order valence-electron chi connectivity index (χ3n) is 4.99. The summed E-state index contributed by atoms with van der Waals surface area (Å²) in [6.07, 6.45) is 6.42. The highest BCUT2D eigenvalue weighted by Gasteiger charge is 2.19. The average molecular weight is 341 g/mol. The van der Waals surface area contributed by atoms with E-state index < -0.39 is 0 Å². The number of pyridine rings is 2. The zero-order valence-corrected chi connectivity index (χ0v) is 14.5. The second kappa shape index (κ2) is 6.33. The van der Waals surface area contributed by atoms with Crippen LogP contribution in [0.15, 0.2) is 54.7 Å². The summed E-state index contributed by atoms with van der Waals surface area (Å²) >= 11 is 0. The Balaban J connectivity index is 1.76. The minimum absolute atomic E-state index is 0.866. The second-order valence-electron chi connectivity index (χ2n) is 6.69. The van der Waals surface area contributed by atoms with Gasteiger partial charge in [-0.05, 0) is 37.1 Å². The summed E-state index contributed by atoms with van der Waals surface area (Å²) < 4.78 is 2.29. The van der Waals surface area contributed by atoms with E-state index >= 15 is 0 Å². The Hall–Kier alpha value is -3.08. The quantitative estimate of drug-likeness (QED) is 0.546. The lowest BCUT2D eigenvalue weighted by atomic mass is 10.1. The van der Waals surface area contributed by atoms with Crippen LogP contribution in [0.4, 0.5) is 0 Å². The zero-order valence-electron chi connectivity index (χ0n) is 14.5. The number of aryl methyl sites for hydroxylation is 1. The fourth-order valence-electron chi connectivity index (χ4n) is 3.69. The number of aromatic nitrogens is 5. The monoisotopic (exact) mass is 341 g/mol. The summed E-state index contributed by atoms with van der Waals surface area (Å²) in [5, 5.41) is 10.1. The summed E-state index contributed by atoms with van der Waals surface area (Å²) in [5.74, 6) is 2.04. The highest BCUT2D eigenvalue weighted by molar-refractivity contribution is 5.94. The largest absolute Gasteiger partial charge is 0.311 e. The SMILES string of the molecule is c1ccc(-c2cc(-c3nnc4n3CCCCC4)c3ccccc3n2)nc1. The molecule has 0 radical (unpaired) electrons. The van der Waals surface area contributed by atoms with E-state index in [9.17, 15) is 0 Å². The van der Waals surface area contributed by atoms with Crippen molar-refractivity contribution in [3.8, 4) is 22.8 Å². The number of hydrogen-bond donors (Lipinski definition) is 0. The molecular formula is C21H19N5. The molecule has 4 heterocycles. The smallest absolute Gasteiger partial charge is 0.164 e. The minimum Gasteiger partial charge on any atom is -0.311 e. The molecule has 0 fully saturated rings. The molecular weight excluding hydrogens is 322 g/mol. The number of hydrogen-bond acceptors (Lipinski definition) is 4. The minimum atomic E-state index is 0.866. The van der Waals surface area contributed by atoms with E-state index in [0.717, 1.165) is 52.5 Å². The van der Waals surface area contributed by atoms with Crippen molar-refractivity contribution >= 4 is 10.9 Å². The van der Waals surface area contributed by atoms with Crippen LogP contribution in [0.1, 0.15) is 25.1 Å². The molecule has 5 heteroatoms. The van der Waals surface area contributed by atoms with Gasteiger partial charge in [-0.3, -0.25) is 4.98 Å². The molecule has 3 aromatic heterocycles. The molecule has 26 heavy (non-hydrogen) atoms. The average Bonchev–Trinajstić information content (AvgIpc) is 2.95. The molecule has 128 valence electrons.